The van der Waals surface area contributed by atoms with Crippen molar-refractivity contribution in [2.24, 2.45) is 0 Å². The fourth-order valence-electron chi connectivity index (χ4n) is 3.73. The number of ether oxygens (including phenoxy) is 2. The molecule has 0 saturated carbocycles. The summed E-state index contributed by atoms with van der Waals surface area (Å²) in [6, 6.07) is 13.8. The second-order valence-electron chi connectivity index (χ2n) is 7.56. The lowest BCUT2D eigenvalue weighted by Gasteiger charge is -2.10. The van der Waals surface area contributed by atoms with E-state index >= 15 is 0 Å². The Labute approximate surface area is 184 Å². The molecule has 0 bridgehead atoms. The fraction of sp³-hybridized carbons (Fsp3) is 0.346. The first kappa shape index (κ1) is 22.5. The minimum absolute atomic E-state index is 0.107. The van der Waals surface area contributed by atoms with Crippen LogP contribution in [-0.2, 0) is 17.6 Å². The number of carbonyl (C=O) groups is 1. The molecule has 1 amide bonds. The van der Waals surface area contributed by atoms with E-state index < -0.39 is 0 Å². The van der Waals surface area contributed by atoms with Crippen LogP contribution >= 0.6 is 0 Å². The molecule has 0 fully saturated rings. The lowest BCUT2D eigenvalue weighted by atomic mass is 10.0. The van der Waals surface area contributed by atoms with Crippen molar-refractivity contribution in [3.63, 3.8) is 0 Å². The molecule has 0 atom stereocenters. The van der Waals surface area contributed by atoms with Crippen LogP contribution in [0.2, 0.25) is 0 Å². The summed E-state index contributed by atoms with van der Waals surface area (Å²) in [5.41, 5.74) is 3.89. The van der Waals surface area contributed by atoms with Gasteiger partial charge in [-0.1, -0.05) is 37.6 Å². The minimum atomic E-state index is -0.107. The monoisotopic (exact) mass is 421 g/mol. The number of rotatable bonds is 10. The number of benzene rings is 2. The van der Waals surface area contributed by atoms with Gasteiger partial charge < -0.3 is 19.2 Å². The number of nitrogens with one attached hydrogen (secondary N) is 1. The summed E-state index contributed by atoms with van der Waals surface area (Å²) in [7, 11) is 3.23. The largest absolute Gasteiger partial charge is 0.493 e. The number of hydrogen-bond donors (Lipinski definition) is 1. The maximum Gasteiger partial charge on any atom is 0.244 e. The van der Waals surface area contributed by atoms with Gasteiger partial charge in [-0.15, -0.1) is 0 Å². The Hall–Kier alpha value is -3.21. The number of fused-ring (bicyclic) bond motifs is 1. The maximum atomic E-state index is 12.6. The zero-order chi connectivity index (χ0) is 22.2. The summed E-state index contributed by atoms with van der Waals surface area (Å²) in [4.78, 5) is 12.6. The molecular formula is C26H31NO4. The van der Waals surface area contributed by atoms with E-state index in [0.717, 1.165) is 52.7 Å². The molecule has 1 heterocycles. The number of amides is 1. The molecule has 0 saturated heterocycles. The molecule has 3 rings (SSSR count). The van der Waals surface area contributed by atoms with Crippen molar-refractivity contribution in [2.45, 2.75) is 39.5 Å². The molecule has 5 nitrogen and oxygen atoms in total. The number of methoxy groups -OCH3 is 2. The van der Waals surface area contributed by atoms with Gasteiger partial charge in [0, 0.05) is 30.0 Å². The van der Waals surface area contributed by atoms with E-state index in [4.69, 9.17) is 13.9 Å². The van der Waals surface area contributed by atoms with Gasteiger partial charge in [0.05, 0.1) is 14.2 Å². The van der Waals surface area contributed by atoms with Gasteiger partial charge in [0.1, 0.15) is 11.3 Å². The average molecular weight is 422 g/mol. The smallest absolute Gasteiger partial charge is 0.244 e. The summed E-state index contributed by atoms with van der Waals surface area (Å²) in [5, 5.41) is 4.04. The number of aryl methyl sites for hydroxylation is 1. The third-order valence-corrected chi connectivity index (χ3v) is 5.33. The Bertz CT molecular complexity index is 1060. The lowest BCUT2D eigenvalue weighted by molar-refractivity contribution is -0.116. The Kier molecular flexibility index (Phi) is 7.76. The summed E-state index contributed by atoms with van der Waals surface area (Å²) < 4.78 is 16.7. The molecule has 2 aromatic carbocycles. The van der Waals surface area contributed by atoms with E-state index in [1.807, 2.05) is 43.3 Å². The Morgan fingerprint density at radius 2 is 1.84 bits per heavy atom. The van der Waals surface area contributed by atoms with E-state index in [0.29, 0.717) is 24.5 Å². The minimum Gasteiger partial charge on any atom is -0.493 e. The second kappa shape index (κ2) is 10.7. The highest BCUT2D eigenvalue weighted by Gasteiger charge is 2.15. The SMILES string of the molecule is CCCCc1oc2ccccc2c1/C(C)=C/C(=O)NCCc1ccc(OC)c(OC)c1. The van der Waals surface area contributed by atoms with Crippen LogP contribution in [0, 0.1) is 0 Å². The topological polar surface area (TPSA) is 60.7 Å². The van der Waals surface area contributed by atoms with Gasteiger partial charge in [0.2, 0.25) is 5.91 Å². The van der Waals surface area contributed by atoms with Crippen molar-refractivity contribution in [3.8, 4) is 11.5 Å². The van der Waals surface area contributed by atoms with Gasteiger partial charge in [-0.2, -0.15) is 0 Å². The molecule has 164 valence electrons. The first-order chi connectivity index (χ1) is 15.1. The van der Waals surface area contributed by atoms with Crippen molar-refractivity contribution in [1.82, 2.24) is 5.32 Å². The van der Waals surface area contributed by atoms with Crippen molar-refractivity contribution in [1.29, 1.82) is 0 Å². The van der Waals surface area contributed by atoms with Crippen molar-refractivity contribution < 1.29 is 18.7 Å². The van der Waals surface area contributed by atoms with Crippen LogP contribution in [0.15, 0.2) is 53.0 Å². The molecule has 1 N–H and O–H groups in total. The fourth-order valence-corrected chi connectivity index (χ4v) is 3.73. The Balaban J connectivity index is 1.69. The van der Waals surface area contributed by atoms with E-state index in [1.165, 1.54) is 0 Å². The van der Waals surface area contributed by atoms with Crippen LogP contribution in [-0.4, -0.2) is 26.7 Å². The number of unbranched alkanes of at least 4 members (excludes halogenated alkanes) is 1. The molecule has 0 radical (unpaired) electrons. The molecule has 0 unspecified atom stereocenters. The van der Waals surface area contributed by atoms with Gasteiger partial charge in [-0.3, -0.25) is 4.79 Å². The zero-order valence-electron chi connectivity index (χ0n) is 18.8. The predicted octanol–water partition coefficient (Wildman–Crippen LogP) is 5.55. The third-order valence-electron chi connectivity index (χ3n) is 5.33. The van der Waals surface area contributed by atoms with E-state index in [2.05, 4.69) is 18.3 Å². The molecular weight excluding hydrogens is 390 g/mol. The summed E-state index contributed by atoms with van der Waals surface area (Å²) in [5.74, 6) is 2.23. The van der Waals surface area contributed by atoms with Crippen molar-refractivity contribution in [3.05, 3.63) is 65.4 Å². The molecule has 0 aliphatic carbocycles. The molecule has 31 heavy (non-hydrogen) atoms. The number of hydrogen-bond acceptors (Lipinski definition) is 4. The lowest BCUT2D eigenvalue weighted by Crippen LogP contribution is -2.23. The third kappa shape index (κ3) is 5.48. The van der Waals surface area contributed by atoms with Crippen molar-refractivity contribution >= 4 is 22.4 Å². The number of furan rings is 1. The highest BCUT2D eigenvalue weighted by Crippen LogP contribution is 2.32. The zero-order valence-corrected chi connectivity index (χ0v) is 18.8. The van der Waals surface area contributed by atoms with Gasteiger partial charge in [-0.05, 0) is 49.1 Å². The van der Waals surface area contributed by atoms with Gasteiger partial charge in [-0.25, -0.2) is 0 Å². The summed E-state index contributed by atoms with van der Waals surface area (Å²) in [6.45, 7) is 4.67. The standard InChI is InChI=1S/C26H31NO4/c1-5-6-10-23-26(20-9-7-8-11-21(20)31-23)18(2)16-25(28)27-15-14-19-12-13-22(29-3)24(17-19)30-4/h7-9,11-13,16-17H,5-6,10,14-15H2,1-4H3,(H,27,28)/b18-16+. The van der Waals surface area contributed by atoms with Gasteiger partial charge >= 0.3 is 0 Å². The molecule has 0 aliphatic heterocycles. The predicted molar refractivity (Wildman–Crippen MR) is 125 cm³/mol. The normalized spacial score (nSPS) is 11.5. The first-order valence-corrected chi connectivity index (χ1v) is 10.7. The van der Waals surface area contributed by atoms with Crippen LogP contribution in [0.4, 0.5) is 0 Å². The number of para-hydroxylation sites is 1. The average Bonchev–Trinajstić information content (AvgIpc) is 3.15. The summed E-state index contributed by atoms with van der Waals surface area (Å²) >= 11 is 0. The molecule has 5 heteroatoms. The quantitative estimate of drug-likeness (QED) is 0.436. The summed E-state index contributed by atoms with van der Waals surface area (Å²) in [6.07, 6.45) is 5.39. The van der Waals surface area contributed by atoms with Gasteiger partial charge in [0.25, 0.3) is 0 Å². The Morgan fingerprint density at radius 1 is 1.06 bits per heavy atom. The molecule has 1 aromatic heterocycles. The number of allylic oxidation sites excluding steroid dienone is 1. The molecule has 0 aliphatic rings. The second-order valence-corrected chi connectivity index (χ2v) is 7.56. The Morgan fingerprint density at radius 3 is 2.58 bits per heavy atom. The van der Waals surface area contributed by atoms with Crippen LogP contribution in [0.1, 0.15) is 43.6 Å². The van der Waals surface area contributed by atoms with Gasteiger partial charge in [0.15, 0.2) is 11.5 Å². The maximum absolute atomic E-state index is 12.6. The van der Waals surface area contributed by atoms with Crippen molar-refractivity contribution in [2.75, 3.05) is 20.8 Å². The van der Waals surface area contributed by atoms with E-state index in [9.17, 15) is 4.79 Å². The number of carbonyl (C=O) groups excluding carboxylic acids is 1. The molecule has 3 aromatic rings. The van der Waals surface area contributed by atoms with Crippen LogP contribution in [0.25, 0.3) is 16.5 Å². The van der Waals surface area contributed by atoms with Crippen LogP contribution in [0.5, 0.6) is 11.5 Å². The van der Waals surface area contributed by atoms with E-state index in [-0.39, 0.29) is 5.91 Å². The van der Waals surface area contributed by atoms with Crippen LogP contribution in [0.3, 0.4) is 0 Å². The van der Waals surface area contributed by atoms with Crippen LogP contribution < -0.4 is 14.8 Å². The highest BCUT2D eigenvalue weighted by atomic mass is 16.5. The first-order valence-electron chi connectivity index (χ1n) is 10.7. The van der Waals surface area contributed by atoms with E-state index in [1.54, 1.807) is 20.3 Å². The molecule has 0 spiro atoms. The highest BCUT2D eigenvalue weighted by molar-refractivity contribution is 6.00.